The quantitative estimate of drug-likeness (QED) is 0.579. The maximum absolute atomic E-state index is 9.95. The maximum atomic E-state index is 9.95. The summed E-state index contributed by atoms with van der Waals surface area (Å²) in [5.74, 6) is 1.34. The SMILES string of the molecule is Oc1ccc2ncnc(N3CC(c4ccccc4)c4ccccc43)c2c1. The highest BCUT2D eigenvalue weighted by atomic mass is 16.3. The fraction of sp³-hybridized carbons (Fsp3) is 0.0909. The molecule has 1 aliphatic rings. The molecular weight excluding hydrogens is 322 g/mol. The first kappa shape index (κ1) is 14.9. The molecule has 0 aliphatic carbocycles. The van der Waals surface area contributed by atoms with Crippen molar-refractivity contribution in [3.05, 3.63) is 90.3 Å². The highest BCUT2D eigenvalue weighted by molar-refractivity contribution is 5.93. The van der Waals surface area contributed by atoms with Crippen LogP contribution in [-0.2, 0) is 0 Å². The lowest BCUT2D eigenvalue weighted by Gasteiger charge is -2.20. The lowest BCUT2D eigenvalue weighted by atomic mass is 9.93. The van der Waals surface area contributed by atoms with E-state index in [0.29, 0.717) is 0 Å². The van der Waals surface area contributed by atoms with Crippen molar-refractivity contribution in [3.8, 4) is 5.75 Å². The molecule has 1 unspecified atom stereocenters. The van der Waals surface area contributed by atoms with Gasteiger partial charge in [-0.3, -0.25) is 0 Å². The molecule has 3 aromatic carbocycles. The number of nitrogens with zero attached hydrogens (tertiary/aromatic N) is 3. The van der Waals surface area contributed by atoms with Crippen LogP contribution in [0.4, 0.5) is 11.5 Å². The average Bonchev–Trinajstić information content (AvgIpc) is 3.08. The van der Waals surface area contributed by atoms with Crippen molar-refractivity contribution in [2.45, 2.75) is 5.92 Å². The predicted octanol–water partition coefficient (Wildman–Crippen LogP) is 4.62. The number of para-hydroxylation sites is 1. The lowest BCUT2D eigenvalue weighted by Crippen LogP contribution is -2.18. The van der Waals surface area contributed by atoms with E-state index in [4.69, 9.17) is 0 Å². The zero-order valence-corrected chi connectivity index (χ0v) is 14.1. The standard InChI is InChI=1S/C22H17N3O/c26-16-10-11-20-18(12-16)22(24-14-23-20)25-13-19(15-6-2-1-3-7-15)17-8-4-5-9-21(17)25/h1-12,14,19,26H,13H2. The predicted molar refractivity (Wildman–Crippen MR) is 103 cm³/mol. The van der Waals surface area contributed by atoms with Crippen LogP contribution < -0.4 is 4.90 Å². The van der Waals surface area contributed by atoms with E-state index >= 15 is 0 Å². The summed E-state index contributed by atoms with van der Waals surface area (Å²) in [7, 11) is 0. The monoisotopic (exact) mass is 339 g/mol. The molecule has 1 N–H and O–H groups in total. The van der Waals surface area contributed by atoms with E-state index in [1.165, 1.54) is 11.1 Å². The molecule has 0 saturated carbocycles. The summed E-state index contributed by atoms with van der Waals surface area (Å²) in [6, 6.07) is 24.2. The topological polar surface area (TPSA) is 49.3 Å². The number of anilines is 2. The molecule has 0 spiro atoms. The van der Waals surface area contributed by atoms with Crippen molar-refractivity contribution in [1.29, 1.82) is 0 Å². The van der Waals surface area contributed by atoms with E-state index in [2.05, 4.69) is 63.4 Å². The Balaban J connectivity index is 1.69. The third-order valence-corrected chi connectivity index (χ3v) is 5.02. The molecule has 2 heterocycles. The second-order valence-electron chi connectivity index (χ2n) is 6.53. The van der Waals surface area contributed by atoms with Crippen LogP contribution in [0.3, 0.4) is 0 Å². The Morgan fingerprint density at radius 2 is 1.69 bits per heavy atom. The third-order valence-electron chi connectivity index (χ3n) is 5.02. The zero-order valence-electron chi connectivity index (χ0n) is 14.1. The summed E-state index contributed by atoms with van der Waals surface area (Å²) in [4.78, 5) is 11.1. The fourth-order valence-corrected chi connectivity index (χ4v) is 3.82. The number of hydrogen-bond acceptors (Lipinski definition) is 4. The van der Waals surface area contributed by atoms with Crippen LogP contribution in [0, 0.1) is 0 Å². The summed E-state index contributed by atoms with van der Waals surface area (Å²) in [5, 5.41) is 10.8. The molecule has 4 aromatic rings. The van der Waals surface area contributed by atoms with Crippen molar-refractivity contribution in [2.75, 3.05) is 11.4 Å². The normalized spacial score (nSPS) is 16.0. The Morgan fingerprint density at radius 3 is 2.58 bits per heavy atom. The molecule has 0 fully saturated rings. The summed E-state index contributed by atoms with van der Waals surface area (Å²) in [6.45, 7) is 0.811. The van der Waals surface area contributed by atoms with Gasteiger partial charge in [-0.25, -0.2) is 9.97 Å². The average molecular weight is 339 g/mol. The molecule has 1 aromatic heterocycles. The molecule has 0 bridgehead atoms. The minimum Gasteiger partial charge on any atom is -0.508 e. The molecule has 0 radical (unpaired) electrons. The van der Waals surface area contributed by atoms with Gasteiger partial charge in [0.1, 0.15) is 17.9 Å². The van der Waals surface area contributed by atoms with E-state index in [1.807, 2.05) is 12.1 Å². The van der Waals surface area contributed by atoms with Crippen LogP contribution in [0.2, 0.25) is 0 Å². The lowest BCUT2D eigenvalue weighted by molar-refractivity contribution is 0.476. The summed E-state index contributed by atoms with van der Waals surface area (Å²) in [5.41, 5.74) is 4.58. The molecule has 5 rings (SSSR count). The third kappa shape index (κ3) is 2.30. The number of aromatic nitrogens is 2. The summed E-state index contributed by atoms with van der Waals surface area (Å²) >= 11 is 0. The van der Waals surface area contributed by atoms with Crippen molar-refractivity contribution in [2.24, 2.45) is 0 Å². The summed E-state index contributed by atoms with van der Waals surface area (Å²) < 4.78 is 0. The largest absolute Gasteiger partial charge is 0.508 e. The molecule has 4 heteroatoms. The molecular formula is C22H17N3O. The summed E-state index contributed by atoms with van der Waals surface area (Å²) in [6.07, 6.45) is 1.59. The van der Waals surface area contributed by atoms with Crippen LogP contribution in [0.5, 0.6) is 5.75 Å². The van der Waals surface area contributed by atoms with Gasteiger partial charge in [-0.15, -0.1) is 0 Å². The first-order valence-corrected chi connectivity index (χ1v) is 8.66. The first-order valence-electron chi connectivity index (χ1n) is 8.66. The highest BCUT2D eigenvalue weighted by Crippen LogP contribution is 2.44. The minimum absolute atomic E-state index is 0.223. The van der Waals surface area contributed by atoms with Crippen molar-refractivity contribution < 1.29 is 5.11 Å². The Kier molecular flexibility index (Phi) is 3.35. The van der Waals surface area contributed by atoms with Gasteiger partial charge in [0.05, 0.1) is 5.52 Å². The number of phenols is 1. The van der Waals surface area contributed by atoms with Crippen LogP contribution >= 0.6 is 0 Å². The highest BCUT2D eigenvalue weighted by Gasteiger charge is 2.31. The van der Waals surface area contributed by atoms with Crippen LogP contribution in [0.1, 0.15) is 17.0 Å². The van der Waals surface area contributed by atoms with Gasteiger partial charge >= 0.3 is 0 Å². The smallest absolute Gasteiger partial charge is 0.144 e. The van der Waals surface area contributed by atoms with E-state index in [1.54, 1.807) is 18.5 Å². The van der Waals surface area contributed by atoms with E-state index in [-0.39, 0.29) is 11.7 Å². The van der Waals surface area contributed by atoms with Gasteiger partial charge in [-0.2, -0.15) is 0 Å². The van der Waals surface area contributed by atoms with Gasteiger partial charge in [0.25, 0.3) is 0 Å². The number of phenolic OH excluding ortho intramolecular Hbond substituents is 1. The first-order chi connectivity index (χ1) is 12.8. The van der Waals surface area contributed by atoms with Crippen LogP contribution in [0.15, 0.2) is 79.1 Å². The minimum atomic E-state index is 0.223. The second kappa shape index (κ2) is 5.85. The maximum Gasteiger partial charge on any atom is 0.144 e. The van der Waals surface area contributed by atoms with Gasteiger partial charge in [0.2, 0.25) is 0 Å². The van der Waals surface area contributed by atoms with E-state index in [0.717, 1.165) is 29.0 Å². The van der Waals surface area contributed by atoms with E-state index < -0.39 is 0 Å². The molecule has 26 heavy (non-hydrogen) atoms. The van der Waals surface area contributed by atoms with Gasteiger partial charge < -0.3 is 10.0 Å². The van der Waals surface area contributed by atoms with Crippen LogP contribution in [-0.4, -0.2) is 21.6 Å². The van der Waals surface area contributed by atoms with Crippen molar-refractivity contribution in [3.63, 3.8) is 0 Å². The Morgan fingerprint density at radius 1 is 0.885 bits per heavy atom. The number of benzene rings is 3. The Labute approximate surface area is 151 Å². The Bertz CT molecular complexity index is 1090. The molecule has 1 aliphatic heterocycles. The van der Waals surface area contributed by atoms with E-state index in [9.17, 15) is 5.11 Å². The second-order valence-corrected chi connectivity index (χ2v) is 6.53. The molecule has 0 saturated heterocycles. The molecule has 4 nitrogen and oxygen atoms in total. The molecule has 126 valence electrons. The van der Waals surface area contributed by atoms with Crippen molar-refractivity contribution >= 4 is 22.4 Å². The molecule has 1 atom stereocenters. The van der Waals surface area contributed by atoms with Gasteiger partial charge in [-0.1, -0.05) is 48.5 Å². The van der Waals surface area contributed by atoms with Gasteiger partial charge in [-0.05, 0) is 35.4 Å². The van der Waals surface area contributed by atoms with Crippen molar-refractivity contribution in [1.82, 2.24) is 9.97 Å². The number of aromatic hydroxyl groups is 1. The van der Waals surface area contributed by atoms with Gasteiger partial charge in [0.15, 0.2) is 0 Å². The molecule has 0 amide bonds. The Hall–Kier alpha value is -3.40. The van der Waals surface area contributed by atoms with Gasteiger partial charge in [0, 0.05) is 23.5 Å². The number of hydrogen-bond donors (Lipinski definition) is 1. The number of rotatable bonds is 2. The fourth-order valence-electron chi connectivity index (χ4n) is 3.82. The number of fused-ring (bicyclic) bond motifs is 2. The van der Waals surface area contributed by atoms with Crippen LogP contribution in [0.25, 0.3) is 10.9 Å². The zero-order chi connectivity index (χ0) is 17.5.